The van der Waals surface area contributed by atoms with Crippen molar-refractivity contribution in [3.63, 3.8) is 0 Å². The predicted octanol–water partition coefficient (Wildman–Crippen LogP) is 1.07. The largest absolute Gasteiger partial charge is 0.384 e. The first kappa shape index (κ1) is 18.6. The van der Waals surface area contributed by atoms with Gasteiger partial charge in [0.25, 0.3) is 5.56 Å². The minimum absolute atomic E-state index is 0.182. The van der Waals surface area contributed by atoms with Gasteiger partial charge in [-0.05, 0) is 24.8 Å². The number of anilines is 2. The summed E-state index contributed by atoms with van der Waals surface area (Å²) in [6.07, 6.45) is 3.67. The van der Waals surface area contributed by atoms with Crippen LogP contribution in [0.25, 0.3) is 0 Å². The fourth-order valence-electron chi connectivity index (χ4n) is 5.03. The molecule has 0 saturated carbocycles. The van der Waals surface area contributed by atoms with Crippen LogP contribution in [0.2, 0.25) is 0 Å². The summed E-state index contributed by atoms with van der Waals surface area (Å²) in [5, 5.41) is 0. The number of nitrogen functional groups attached to an aromatic ring is 1. The van der Waals surface area contributed by atoms with Crippen molar-refractivity contribution in [1.82, 2.24) is 19.4 Å². The first-order valence-electron chi connectivity index (χ1n) is 10.5. The molecule has 2 aromatic rings. The number of hydrogen-bond acceptors (Lipinski definition) is 7. The Kier molecular flexibility index (Phi) is 4.97. The highest BCUT2D eigenvalue weighted by Crippen LogP contribution is 2.36. The quantitative estimate of drug-likeness (QED) is 0.830. The van der Waals surface area contributed by atoms with Crippen molar-refractivity contribution in [2.45, 2.75) is 31.8 Å². The molecule has 2 atom stereocenters. The van der Waals surface area contributed by atoms with Gasteiger partial charge < -0.3 is 19.9 Å². The Morgan fingerprint density at radius 3 is 2.97 bits per heavy atom. The summed E-state index contributed by atoms with van der Waals surface area (Å²) < 4.78 is 7.58. The molecule has 0 aliphatic carbocycles. The third kappa shape index (κ3) is 3.74. The number of piperidine rings is 1. The maximum absolute atomic E-state index is 13.3. The number of aromatic nitrogens is 3. The standard InChI is InChI=1S/C21H28N6O2/c22-19-9-20(24-14-23-19)26-10-15-8-17(13-26)18-3-2-16(21(28)27(18)11-15)12-25-4-1-6-29-7-5-25/h2-3,9,14-15,17H,1,4-8,10-13H2,(H2,22,23,24)/t15-,17+/m0/s1. The highest BCUT2D eigenvalue weighted by molar-refractivity contribution is 5.47. The molecule has 0 unspecified atom stereocenters. The lowest BCUT2D eigenvalue weighted by atomic mass is 9.83. The molecule has 5 rings (SSSR count). The van der Waals surface area contributed by atoms with Crippen LogP contribution in [0, 0.1) is 5.92 Å². The first-order chi connectivity index (χ1) is 14.2. The van der Waals surface area contributed by atoms with Crippen LogP contribution < -0.4 is 16.2 Å². The SMILES string of the molecule is Nc1cc(N2C[C@@H]3C[C@H](C2)c2ccc(CN4CCCOCC4)c(=O)n2C3)ncn1. The Bertz CT molecular complexity index is 937. The maximum Gasteiger partial charge on any atom is 0.255 e. The summed E-state index contributed by atoms with van der Waals surface area (Å²) in [5.41, 5.74) is 8.08. The summed E-state index contributed by atoms with van der Waals surface area (Å²) in [7, 11) is 0. The zero-order chi connectivity index (χ0) is 19.8. The molecular formula is C21H28N6O2. The van der Waals surface area contributed by atoms with E-state index in [9.17, 15) is 4.79 Å². The van der Waals surface area contributed by atoms with Crippen LogP contribution >= 0.6 is 0 Å². The molecule has 2 bridgehead atoms. The van der Waals surface area contributed by atoms with Gasteiger partial charge in [-0.25, -0.2) is 9.97 Å². The number of fused-ring (bicyclic) bond motifs is 4. The van der Waals surface area contributed by atoms with Crippen LogP contribution in [0.3, 0.4) is 0 Å². The van der Waals surface area contributed by atoms with Crippen molar-refractivity contribution in [3.8, 4) is 0 Å². The van der Waals surface area contributed by atoms with Crippen molar-refractivity contribution < 1.29 is 4.74 Å². The second kappa shape index (κ2) is 7.76. The number of hydrogen-bond donors (Lipinski definition) is 1. The topological polar surface area (TPSA) is 89.5 Å². The smallest absolute Gasteiger partial charge is 0.255 e. The molecule has 2 fully saturated rings. The van der Waals surface area contributed by atoms with E-state index < -0.39 is 0 Å². The molecule has 8 nitrogen and oxygen atoms in total. The van der Waals surface area contributed by atoms with E-state index in [1.807, 2.05) is 16.7 Å². The molecule has 2 saturated heterocycles. The molecule has 0 spiro atoms. The second-order valence-corrected chi connectivity index (χ2v) is 8.45. The Hall–Kier alpha value is -2.45. The van der Waals surface area contributed by atoms with Gasteiger partial charge in [0.2, 0.25) is 0 Å². The molecule has 0 amide bonds. The predicted molar refractivity (Wildman–Crippen MR) is 111 cm³/mol. The fraction of sp³-hybridized carbons (Fsp3) is 0.571. The average molecular weight is 396 g/mol. The van der Waals surface area contributed by atoms with Gasteiger partial charge in [-0.2, -0.15) is 0 Å². The highest BCUT2D eigenvalue weighted by Gasteiger charge is 2.35. The lowest BCUT2D eigenvalue weighted by Crippen LogP contribution is -2.48. The molecule has 154 valence electrons. The summed E-state index contributed by atoms with van der Waals surface area (Å²) in [4.78, 5) is 26.3. The number of rotatable bonds is 3. The maximum atomic E-state index is 13.3. The molecule has 2 aromatic heterocycles. The molecule has 0 aromatic carbocycles. The molecule has 2 N–H and O–H groups in total. The molecule has 3 aliphatic rings. The van der Waals surface area contributed by atoms with Gasteiger partial charge in [0.15, 0.2) is 0 Å². The Morgan fingerprint density at radius 1 is 1.14 bits per heavy atom. The number of nitrogens with zero attached hydrogens (tertiary/aromatic N) is 5. The summed E-state index contributed by atoms with van der Waals surface area (Å²) in [6.45, 7) is 6.69. The Labute approximate surface area is 170 Å². The minimum atomic E-state index is 0.182. The molecule has 3 aliphatic heterocycles. The molecule has 0 radical (unpaired) electrons. The van der Waals surface area contributed by atoms with E-state index in [0.29, 0.717) is 24.2 Å². The van der Waals surface area contributed by atoms with E-state index in [0.717, 1.165) is 75.9 Å². The van der Waals surface area contributed by atoms with Crippen LogP contribution in [0.5, 0.6) is 0 Å². The lowest BCUT2D eigenvalue weighted by Gasteiger charge is -2.43. The highest BCUT2D eigenvalue weighted by atomic mass is 16.5. The first-order valence-corrected chi connectivity index (χ1v) is 10.5. The van der Waals surface area contributed by atoms with Crippen LogP contribution in [0.1, 0.15) is 30.0 Å². The summed E-state index contributed by atoms with van der Waals surface area (Å²) in [6, 6.07) is 6.05. The fourth-order valence-corrected chi connectivity index (χ4v) is 5.03. The van der Waals surface area contributed by atoms with Crippen molar-refractivity contribution in [3.05, 3.63) is 46.1 Å². The average Bonchev–Trinajstić information content (AvgIpc) is 2.99. The zero-order valence-electron chi connectivity index (χ0n) is 16.7. The van der Waals surface area contributed by atoms with Crippen molar-refractivity contribution >= 4 is 11.6 Å². The van der Waals surface area contributed by atoms with Gasteiger partial charge in [-0.1, -0.05) is 6.07 Å². The minimum Gasteiger partial charge on any atom is -0.384 e. The molecular weight excluding hydrogens is 368 g/mol. The third-order valence-electron chi connectivity index (χ3n) is 6.39. The normalized spacial score (nSPS) is 24.8. The van der Waals surface area contributed by atoms with E-state index in [2.05, 4.69) is 25.8 Å². The Morgan fingerprint density at radius 2 is 2.07 bits per heavy atom. The van der Waals surface area contributed by atoms with Gasteiger partial charge in [-0.15, -0.1) is 0 Å². The number of ether oxygens (including phenoxy) is 1. The van der Waals surface area contributed by atoms with Crippen LogP contribution in [0.4, 0.5) is 11.6 Å². The third-order valence-corrected chi connectivity index (χ3v) is 6.39. The van der Waals surface area contributed by atoms with Gasteiger partial charge in [-0.3, -0.25) is 9.69 Å². The van der Waals surface area contributed by atoms with Gasteiger partial charge >= 0.3 is 0 Å². The number of nitrogens with two attached hydrogens (primary N) is 1. The Balaban J connectivity index is 1.38. The van der Waals surface area contributed by atoms with Gasteiger partial charge in [0.1, 0.15) is 18.0 Å². The second-order valence-electron chi connectivity index (χ2n) is 8.45. The summed E-state index contributed by atoms with van der Waals surface area (Å²) in [5.74, 6) is 2.15. The van der Waals surface area contributed by atoms with E-state index >= 15 is 0 Å². The van der Waals surface area contributed by atoms with E-state index in [1.54, 1.807) is 0 Å². The van der Waals surface area contributed by atoms with Gasteiger partial charge in [0.05, 0.1) is 6.61 Å². The van der Waals surface area contributed by atoms with E-state index in [-0.39, 0.29) is 5.56 Å². The van der Waals surface area contributed by atoms with Crippen molar-refractivity contribution in [1.29, 1.82) is 0 Å². The summed E-state index contributed by atoms with van der Waals surface area (Å²) >= 11 is 0. The van der Waals surface area contributed by atoms with Crippen LogP contribution in [-0.4, -0.2) is 58.8 Å². The molecule has 5 heterocycles. The zero-order valence-corrected chi connectivity index (χ0v) is 16.7. The van der Waals surface area contributed by atoms with E-state index in [1.165, 1.54) is 6.33 Å². The van der Waals surface area contributed by atoms with Crippen LogP contribution in [0.15, 0.2) is 29.3 Å². The monoisotopic (exact) mass is 396 g/mol. The molecule has 29 heavy (non-hydrogen) atoms. The van der Waals surface area contributed by atoms with Gasteiger partial charge in [0, 0.05) is 69.1 Å². The van der Waals surface area contributed by atoms with Crippen molar-refractivity contribution in [2.24, 2.45) is 5.92 Å². The molecule has 8 heteroatoms. The van der Waals surface area contributed by atoms with Crippen LogP contribution in [-0.2, 0) is 17.8 Å². The van der Waals surface area contributed by atoms with E-state index in [4.69, 9.17) is 10.5 Å². The number of pyridine rings is 1. The lowest BCUT2D eigenvalue weighted by molar-refractivity contribution is 0.140. The van der Waals surface area contributed by atoms with Crippen molar-refractivity contribution in [2.75, 3.05) is 50.0 Å².